The minimum Gasteiger partial charge on any atom is -0.496 e. The Kier molecular flexibility index (Phi) is 4.85. The molecule has 0 aromatic heterocycles. The monoisotopic (exact) mass is 321 g/mol. The molecule has 0 bridgehead atoms. The number of ether oxygens (including phenoxy) is 2. The Balaban J connectivity index is 2.46. The van der Waals surface area contributed by atoms with E-state index in [0.717, 1.165) is 0 Å². The van der Waals surface area contributed by atoms with Crippen LogP contribution in [-0.2, 0) is 25.5 Å². The quantitative estimate of drug-likeness (QED) is 0.404. The first kappa shape index (κ1) is 16.8. The second kappa shape index (κ2) is 6.66. The van der Waals surface area contributed by atoms with Crippen LogP contribution in [0.4, 0.5) is 5.69 Å². The minimum atomic E-state index is -1.76. The maximum absolute atomic E-state index is 12.5. The molecule has 124 valence electrons. The van der Waals surface area contributed by atoms with Crippen LogP contribution in [-0.4, -0.2) is 37.0 Å². The Labute approximate surface area is 133 Å². The van der Waals surface area contributed by atoms with Crippen LogP contribution >= 0.6 is 0 Å². The molecular weight excluding hydrogens is 302 g/mol. The molecule has 0 saturated heterocycles. The van der Waals surface area contributed by atoms with Gasteiger partial charge in [0.2, 0.25) is 11.4 Å². The van der Waals surface area contributed by atoms with Gasteiger partial charge < -0.3 is 14.8 Å². The van der Waals surface area contributed by atoms with Crippen molar-refractivity contribution in [1.82, 2.24) is 10.9 Å². The van der Waals surface area contributed by atoms with E-state index < -0.39 is 23.3 Å². The van der Waals surface area contributed by atoms with Crippen molar-refractivity contribution in [2.75, 3.05) is 19.0 Å². The van der Waals surface area contributed by atoms with E-state index in [2.05, 4.69) is 16.2 Å². The summed E-state index contributed by atoms with van der Waals surface area (Å²) in [5.74, 6) is -1.29. The molecule has 1 heterocycles. The second-order valence-electron chi connectivity index (χ2n) is 5.05. The van der Waals surface area contributed by atoms with Gasteiger partial charge in [0, 0.05) is 24.6 Å². The number of methoxy groups -OCH3 is 1. The summed E-state index contributed by atoms with van der Waals surface area (Å²) in [7, 11) is 1.50. The van der Waals surface area contributed by atoms with E-state index in [1.807, 2.05) is 0 Å². The average Bonchev–Trinajstić information content (AvgIpc) is 2.52. The average molecular weight is 321 g/mol. The number of benzene rings is 1. The lowest BCUT2D eigenvalue weighted by atomic mass is 9.85. The predicted octanol–water partition coefficient (Wildman–Crippen LogP) is 0.132. The van der Waals surface area contributed by atoms with Crippen molar-refractivity contribution in [1.29, 1.82) is 0 Å². The lowest BCUT2D eigenvalue weighted by Gasteiger charge is -2.35. The largest absolute Gasteiger partial charge is 0.496 e. The molecule has 1 aliphatic rings. The van der Waals surface area contributed by atoms with Crippen LogP contribution in [0.2, 0.25) is 0 Å². The first-order valence-electron chi connectivity index (χ1n) is 7.13. The fourth-order valence-corrected chi connectivity index (χ4v) is 2.40. The van der Waals surface area contributed by atoms with Crippen molar-refractivity contribution in [3.63, 3.8) is 0 Å². The van der Waals surface area contributed by atoms with Gasteiger partial charge >= 0.3 is 5.97 Å². The zero-order valence-corrected chi connectivity index (χ0v) is 13.2. The van der Waals surface area contributed by atoms with Gasteiger partial charge in [-0.05, 0) is 19.1 Å². The minimum absolute atomic E-state index is 0.0166. The lowest BCUT2D eigenvalue weighted by Crippen LogP contribution is -2.68. The van der Waals surface area contributed by atoms with Crippen LogP contribution in [0.3, 0.4) is 0 Å². The summed E-state index contributed by atoms with van der Waals surface area (Å²) >= 11 is 0. The van der Waals surface area contributed by atoms with Crippen molar-refractivity contribution in [3.8, 4) is 5.75 Å². The highest BCUT2D eigenvalue weighted by Crippen LogP contribution is 2.35. The van der Waals surface area contributed by atoms with Gasteiger partial charge in [0.25, 0.3) is 5.91 Å². The molecule has 2 amide bonds. The molecule has 8 nitrogen and oxygen atoms in total. The van der Waals surface area contributed by atoms with Crippen molar-refractivity contribution in [3.05, 3.63) is 23.8 Å². The number of hydrogen-bond donors (Lipinski definition) is 3. The number of anilines is 1. The summed E-state index contributed by atoms with van der Waals surface area (Å²) < 4.78 is 10.3. The van der Waals surface area contributed by atoms with Crippen LogP contribution in [0.1, 0.15) is 19.4 Å². The summed E-state index contributed by atoms with van der Waals surface area (Å²) in [4.78, 5) is 36.2. The van der Waals surface area contributed by atoms with Crippen LogP contribution in [0, 0.1) is 0 Å². The van der Waals surface area contributed by atoms with E-state index in [9.17, 15) is 14.4 Å². The van der Waals surface area contributed by atoms with Crippen LogP contribution < -0.4 is 20.9 Å². The molecule has 3 N–H and O–H groups in total. The molecule has 1 aromatic rings. The number of carbonyl (C=O) groups excluding carboxylic acids is 3. The standard InChI is InChI=1S/C15H19N3O5/c1-4-23-14(21)15(18-17-9(2)19)8-10-11(16-13(15)20)6-5-7-12(10)22-3/h5-7,18H,4,8H2,1-3H3,(H,16,20)(H,17,19). The van der Waals surface area contributed by atoms with Crippen LogP contribution in [0.5, 0.6) is 5.75 Å². The molecule has 1 atom stereocenters. The van der Waals surface area contributed by atoms with Crippen molar-refractivity contribution < 1.29 is 23.9 Å². The first-order valence-corrected chi connectivity index (χ1v) is 7.13. The zero-order chi connectivity index (χ0) is 17.0. The molecule has 0 spiro atoms. The summed E-state index contributed by atoms with van der Waals surface area (Å²) in [5.41, 5.74) is 4.26. The number of hydrazine groups is 1. The highest BCUT2D eigenvalue weighted by Gasteiger charge is 2.51. The topological polar surface area (TPSA) is 106 Å². The Morgan fingerprint density at radius 3 is 2.74 bits per heavy atom. The van der Waals surface area contributed by atoms with Gasteiger partial charge in [-0.25, -0.2) is 10.2 Å². The number of carbonyl (C=O) groups is 3. The predicted molar refractivity (Wildman–Crippen MR) is 81.6 cm³/mol. The number of amides is 2. The van der Waals surface area contributed by atoms with E-state index in [0.29, 0.717) is 17.0 Å². The van der Waals surface area contributed by atoms with E-state index in [-0.39, 0.29) is 13.0 Å². The van der Waals surface area contributed by atoms with Crippen molar-refractivity contribution in [2.45, 2.75) is 25.8 Å². The normalized spacial score (nSPS) is 19.3. The Bertz CT molecular complexity index is 646. The maximum atomic E-state index is 12.5. The molecule has 0 aliphatic carbocycles. The van der Waals surface area contributed by atoms with Gasteiger partial charge in [-0.2, -0.15) is 0 Å². The van der Waals surface area contributed by atoms with Gasteiger partial charge in [-0.1, -0.05) is 6.07 Å². The SMILES string of the molecule is CCOC(=O)C1(NNC(C)=O)Cc2c(cccc2OC)NC1=O. The van der Waals surface area contributed by atoms with Crippen LogP contribution in [0.25, 0.3) is 0 Å². The maximum Gasteiger partial charge on any atom is 0.338 e. The van der Waals surface area contributed by atoms with E-state index in [1.54, 1.807) is 25.1 Å². The van der Waals surface area contributed by atoms with Gasteiger partial charge in [0.1, 0.15) is 5.75 Å². The Morgan fingerprint density at radius 2 is 2.13 bits per heavy atom. The summed E-state index contributed by atoms with van der Waals surface area (Å²) in [5, 5.41) is 2.66. The number of esters is 1. The highest BCUT2D eigenvalue weighted by atomic mass is 16.5. The fourth-order valence-electron chi connectivity index (χ4n) is 2.40. The van der Waals surface area contributed by atoms with Gasteiger partial charge in [0.15, 0.2) is 0 Å². The van der Waals surface area contributed by atoms with Gasteiger partial charge in [-0.15, -0.1) is 0 Å². The third-order valence-corrected chi connectivity index (χ3v) is 3.51. The smallest absolute Gasteiger partial charge is 0.338 e. The molecule has 2 rings (SSSR count). The molecule has 1 unspecified atom stereocenters. The molecule has 23 heavy (non-hydrogen) atoms. The second-order valence-corrected chi connectivity index (χ2v) is 5.05. The first-order chi connectivity index (χ1) is 10.9. The fraction of sp³-hybridized carbons (Fsp3) is 0.400. The zero-order valence-electron chi connectivity index (χ0n) is 13.2. The van der Waals surface area contributed by atoms with E-state index in [4.69, 9.17) is 9.47 Å². The molecule has 0 saturated carbocycles. The van der Waals surface area contributed by atoms with Gasteiger partial charge in [0.05, 0.1) is 13.7 Å². The molecule has 0 radical (unpaired) electrons. The summed E-state index contributed by atoms with van der Waals surface area (Å²) in [6.45, 7) is 3.01. The van der Waals surface area contributed by atoms with E-state index in [1.165, 1.54) is 14.0 Å². The third-order valence-electron chi connectivity index (χ3n) is 3.51. The Hall–Kier alpha value is -2.61. The van der Waals surface area contributed by atoms with Gasteiger partial charge in [-0.3, -0.25) is 15.0 Å². The van der Waals surface area contributed by atoms with E-state index >= 15 is 0 Å². The van der Waals surface area contributed by atoms with Crippen LogP contribution in [0.15, 0.2) is 18.2 Å². The number of rotatable bonds is 5. The molecule has 0 fully saturated rings. The molecule has 1 aliphatic heterocycles. The summed E-state index contributed by atoms with van der Waals surface area (Å²) in [6.07, 6.45) is -0.0166. The Morgan fingerprint density at radius 1 is 1.39 bits per heavy atom. The molecule has 1 aromatic carbocycles. The summed E-state index contributed by atoms with van der Waals surface area (Å²) in [6, 6.07) is 5.17. The molecular formula is C15H19N3O5. The number of nitrogens with one attached hydrogen (secondary N) is 3. The number of hydrogen-bond acceptors (Lipinski definition) is 6. The third kappa shape index (κ3) is 3.11. The highest BCUT2D eigenvalue weighted by molar-refractivity contribution is 6.15. The van der Waals surface area contributed by atoms with Crippen molar-refractivity contribution in [2.24, 2.45) is 0 Å². The lowest BCUT2D eigenvalue weighted by molar-refractivity contribution is -0.155. The molecule has 8 heteroatoms. The number of fused-ring (bicyclic) bond motifs is 1. The van der Waals surface area contributed by atoms with Crippen molar-refractivity contribution >= 4 is 23.5 Å².